The highest BCUT2D eigenvalue weighted by Crippen LogP contribution is 2.13. The van der Waals surface area contributed by atoms with Crippen LogP contribution < -0.4 is 10.6 Å². The Labute approximate surface area is 99.7 Å². The highest BCUT2D eigenvalue weighted by molar-refractivity contribution is 7.15. The maximum absolute atomic E-state index is 11.5. The van der Waals surface area contributed by atoms with Crippen molar-refractivity contribution in [2.45, 2.75) is 39.7 Å². The molecule has 90 valence electrons. The van der Waals surface area contributed by atoms with Crippen LogP contribution in [0.2, 0.25) is 0 Å². The molecule has 1 amide bonds. The Morgan fingerprint density at radius 2 is 2.06 bits per heavy atom. The number of anilines is 1. The van der Waals surface area contributed by atoms with Crippen molar-refractivity contribution >= 4 is 22.4 Å². The second-order valence-corrected chi connectivity index (χ2v) is 5.78. The highest BCUT2D eigenvalue weighted by Gasteiger charge is 2.13. The van der Waals surface area contributed by atoms with E-state index in [4.69, 9.17) is 0 Å². The fourth-order valence-electron chi connectivity index (χ4n) is 1.13. The molecule has 0 aliphatic heterocycles. The molecule has 0 saturated carbocycles. The molecule has 1 aromatic heterocycles. The Hall–Kier alpha value is -1.17. The van der Waals surface area contributed by atoms with Gasteiger partial charge in [-0.1, -0.05) is 11.3 Å². The molecule has 16 heavy (non-hydrogen) atoms. The van der Waals surface area contributed by atoms with Crippen molar-refractivity contribution in [3.8, 4) is 0 Å². The molecule has 0 saturated heterocycles. The van der Waals surface area contributed by atoms with Crippen LogP contribution in [0.5, 0.6) is 0 Å². The maximum Gasteiger partial charge on any atom is 0.222 e. The Kier molecular flexibility index (Phi) is 4.23. The molecule has 0 unspecified atom stereocenters. The molecule has 0 bridgehead atoms. The van der Waals surface area contributed by atoms with Gasteiger partial charge in [0.25, 0.3) is 0 Å². The minimum absolute atomic E-state index is 0.0428. The average Bonchev–Trinajstić information content (AvgIpc) is 2.48. The van der Waals surface area contributed by atoms with Crippen molar-refractivity contribution in [2.75, 3.05) is 11.9 Å². The van der Waals surface area contributed by atoms with Gasteiger partial charge in [0.2, 0.25) is 11.0 Å². The molecule has 6 heteroatoms. The van der Waals surface area contributed by atoms with Crippen LogP contribution >= 0.6 is 11.3 Å². The predicted molar refractivity (Wildman–Crippen MR) is 65.6 cm³/mol. The lowest BCUT2D eigenvalue weighted by Crippen LogP contribution is -2.41. The quantitative estimate of drug-likeness (QED) is 0.841. The summed E-state index contributed by atoms with van der Waals surface area (Å²) in [5.74, 6) is 0.0428. The van der Waals surface area contributed by atoms with Crippen LogP contribution in [0.4, 0.5) is 5.13 Å². The monoisotopic (exact) mass is 242 g/mol. The lowest BCUT2D eigenvalue weighted by molar-refractivity contribution is -0.122. The number of hydrogen-bond donors (Lipinski definition) is 2. The summed E-state index contributed by atoms with van der Waals surface area (Å²) in [6.07, 6.45) is 0.440. The van der Waals surface area contributed by atoms with Crippen molar-refractivity contribution in [3.63, 3.8) is 0 Å². The summed E-state index contributed by atoms with van der Waals surface area (Å²) in [7, 11) is 0. The van der Waals surface area contributed by atoms with E-state index in [1.807, 2.05) is 27.7 Å². The lowest BCUT2D eigenvalue weighted by Gasteiger charge is -2.20. The first-order chi connectivity index (χ1) is 7.37. The third kappa shape index (κ3) is 5.06. The van der Waals surface area contributed by atoms with Crippen LogP contribution in [0.25, 0.3) is 0 Å². The van der Waals surface area contributed by atoms with Crippen molar-refractivity contribution in [2.24, 2.45) is 0 Å². The first-order valence-electron chi connectivity index (χ1n) is 5.22. The first-order valence-corrected chi connectivity index (χ1v) is 6.03. The summed E-state index contributed by atoms with van der Waals surface area (Å²) >= 11 is 1.49. The van der Waals surface area contributed by atoms with E-state index in [0.717, 1.165) is 10.1 Å². The Morgan fingerprint density at radius 3 is 2.56 bits per heavy atom. The van der Waals surface area contributed by atoms with Gasteiger partial charge in [0.05, 0.1) is 0 Å². The van der Waals surface area contributed by atoms with Crippen molar-refractivity contribution in [1.82, 2.24) is 15.5 Å². The Morgan fingerprint density at radius 1 is 1.38 bits per heavy atom. The molecule has 0 aliphatic rings. The number of rotatable bonds is 4. The van der Waals surface area contributed by atoms with Crippen LogP contribution in [0.3, 0.4) is 0 Å². The van der Waals surface area contributed by atoms with Gasteiger partial charge < -0.3 is 10.6 Å². The molecule has 0 aliphatic carbocycles. The topological polar surface area (TPSA) is 66.9 Å². The van der Waals surface area contributed by atoms with Gasteiger partial charge in [-0.15, -0.1) is 10.2 Å². The SMILES string of the molecule is Cc1nnc(NCCC(=O)NC(C)(C)C)s1. The fraction of sp³-hybridized carbons (Fsp3) is 0.700. The van der Waals surface area contributed by atoms with Crippen molar-refractivity contribution in [3.05, 3.63) is 5.01 Å². The van der Waals surface area contributed by atoms with Crippen LogP contribution in [-0.4, -0.2) is 28.2 Å². The third-order valence-corrected chi connectivity index (χ3v) is 2.47. The summed E-state index contributed by atoms with van der Waals surface area (Å²) in [6, 6.07) is 0. The molecule has 1 heterocycles. The van der Waals surface area contributed by atoms with Crippen LogP contribution in [0.1, 0.15) is 32.2 Å². The smallest absolute Gasteiger partial charge is 0.222 e. The molecule has 1 aromatic rings. The number of nitrogens with one attached hydrogen (secondary N) is 2. The largest absolute Gasteiger partial charge is 0.360 e. The van der Waals surface area contributed by atoms with Gasteiger partial charge in [-0.3, -0.25) is 4.79 Å². The van der Waals surface area contributed by atoms with Gasteiger partial charge in [-0.25, -0.2) is 0 Å². The highest BCUT2D eigenvalue weighted by atomic mass is 32.1. The van der Waals surface area contributed by atoms with Gasteiger partial charge >= 0.3 is 0 Å². The molecule has 0 radical (unpaired) electrons. The van der Waals surface area contributed by atoms with Crippen LogP contribution in [0.15, 0.2) is 0 Å². The van der Waals surface area contributed by atoms with E-state index in [-0.39, 0.29) is 11.4 Å². The number of amides is 1. The van der Waals surface area contributed by atoms with Gasteiger partial charge in [0.15, 0.2) is 0 Å². The maximum atomic E-state index is 11.5. The summed E-state index contributed by atoms with van der Waals surface area (Å²) in [5.41, 5.74) is -0.170. The standard InChI is InChI=1S/C10H18N4OS/c1-7-13-14-9(16-7)11-6-5-8(15)12-10(2,3)4/h5-6H2,1-4H3,(H,11,14)(H,12,15). The summed E-state index contributed by atoms with van der Waals surface area (Å²) in [4.78, 5) is 11.5. The number of aromatic nitrogens is 2. The second kappa shape index (κ2) is 5.25. The lowest BCUT2D eigenvalue weighted by atomic mass is 10.1. The van der Waals surface area contributed by atoms with E-state index in [9.17, 15) is 4.79 Å². The van der Waals surface area contributed by atoms with Gasteiger partial charge in [-0.05, 0) is 27.7 Å². The second-order valence-electron chi connectivity index (χ2n) is 4.60. The van der Waals surface area contributed by atoms with Gasteiger partial charge in [0, 0.05) is 18.5 Å². The third-order valence-electron chi connectivity index (χ3n) is 1.67. The van der Waals surface area contributed by atoms with Crippen LogP contribution in [-0.2, 0) is 4.79 Å². The Balaban J connectivity index is 2.23. The molecule has 0 aromatic carbocycles. The Bertz CT molecular complexity index is 356. The molecule has 0 atom stereocenters. The number of carbonyl (C=O) groups excluding carboxylic acids is 1. The fourth-order valence-corrected chi connectivity index (χ4v) is 1.75. The van der Waals surface area contributed by atoms with E-state index in [1.54, 1.807) is 0 Å². The van der Waals surface area contributed by atoms with E-state index < -0.39 is 0 Å². The van der Waals surface area contributed by atoms with E-state index in [2.05, 4.69) is 20.8 Å². The van der Waals surface area contributed by atoms with Gasteiger partial charge in [-0.2, -0.15) is 0 Å². The number of carbonyl (C=O) groups is 1. The molecule has 1 rings (SSSR count). The van der Waals surface area contributed by atoms with E-state index in [0.29, 0.717) is 13.0 Å². The summed E-state index contributed by atoms with van der Waals surface area (Å²) < 4.78 is 0. The number of hydrogen-bond acceptors (Lipinski definition) is 5. The summed E-state index contributed by atoms with van der Waals surface area (Å²) in [6.45, 7) is 8.37. The average molecular weight is 242 g/mol. The molecule has 2 N–H and O–H groups in total. The zero-order chi connectivity index (χ0) is 12.2. The normalized spacial score (nSPS) is 11.2. The minimum Gasteiger partial charge on any atom is -0.360 e. The number of aryl methyl sites for hydroxylation is 1. The molecule has 0 spiro atoms. The zero-order valence-electron chi connectivity index (χ0n) is 10.1. The molecule has 5 nitrogen and oxygen atoms in total. The zero-order valence-corrected chi connectivity index (χ0v) is 10.9. The van der Waals surface area contributed by atoms with Crippen LogP contribution in [0, 0.1) is 6.92 Å². The summed E-state index contributed by atoms with van der Waals surface area (Å²) in [5, 5.41) is 15.4. The van der Waals surface area contributed by atoms with Gasteiger partial charge in [0.1, 0.15) is 5.01 Å². The van der Waals surface area contributed by atoms with E-state index in [1.165, 1.54) is 11.3 Å². The van der Waals surface area contributed by atoms with Crippen molar-refractivity contribution in [1.29, 1.82) is 0 Å². The molecule has 0 fully saturated rings. The minimum atomic E-state index is -0.170. The molecular weight excluding hydrogens is 224 g/mol. The predicted octanol–water partition coefficient (Wildman–Crippen LogP) is 1.56. The van der Waals surface area contributed by atoms with E-state index >= 15 is 0 Å². The number of nitrogens with zero attached hydrogens (tertiary/aromatic N) is 2. The first kappa shape index (κ1) is 12.9. The molecular formula is C10H18N4OS. The van der Waals surface area contributed by atoms with Crippen molar-refractivity contribution < 1.29 is 4.79 Å².